The van der Waals surface area contributed by atoms with Gasteiger partial charge in [-0.1, -0.05) is 38.3 Å². The van der Waals surface area contributed by atoms with Gasteiger partial charge in [0.25, 0.3) is 5.56 Å². The summed E-state index contributed by atoms with van der Waals surface area (Å²) in [6.45, 7) is 8.37. The lowest BCUT2D eigenvalue weighted by atomic mass is 9.89. The molecule has 1 fully saturated rings. The van der Waals surface area contributed by atoms with Crippen molar-refractivity contribution in [2.75, 3.05) is 19.3 Å². The number of H-pyrrole nitrogens is 1. The lowest BCUT2D eigenvalue weighted by molar-refractivity contribution is 0.0916. The molecule has 0 aromatic carbocycles. The van der Waals surface area contributed by atoms with Crippen LogP contribution in [0.4, 0.5) is 0 Å². The smallest absolute Gasteiger partial charge is 0.281 e. The molecular weight excluding hydrogens is 286 g/mol. The van der Waals surface area contributed by atoms with Crippen LogP contribution < -0.4 is 5.56 Å². The van der Waals surface area contributed by atoms with E-state index in [0.29, 0.717) is 5.56 Å². The predicted molar refractivity (Wildman–Crippen MR) is 86.6 cm³/mol. The SMILES string of the molecule is CC(=O)n1[nH]c(C(C)(C)C)c(C=C=C2SCCN2C)c1=O. The van der Waals surface area contributed by atoms with Crippen LogP contribution in [-0.4, -0.2) is 39.9 Å². The molecule has 21 heavy (non-hydrogen) atoms. The highest BCUT2D eigenvalue weighted by Gasteiger charge is 2.24. The zero-order valence-corrected chi connectivity index (χ0v) is 13.9. The summed E-state index contributed by atoms with van der Waals surface area (Å²) in [5.41, 5.74) is 3.88. The van der Waals surface area contributed by atoms with E-state index in [9.17, 15) is 9.59 Å². The summed E-state index contributed by atoms with van der Waals surface area (Å²) in [4.78, 5) is 26.0. The summed E-state index contributed by atoms with van der Waals surface area (Å²) < 4.78 is 1.06. The third-order valence-corrected chi connectivity index (χ3v) is 4.43. The molecular formula is C15H21N3O2S. The third kappa shape index (κ3) is 3.17. The molecule has 1 aliphatic rings. The lowest BCUT2D eigenvalue weighted by Gasteiger charge is -2.17. The third-order valence-electron chi connectivity index (χ3n) is 3.34. The number of carbonyl (C=O) groups is 1. The molecule has 2 heterocycles. The fraction of sp³-hybridized carbons (Fsp3) is 0.533. The van der Waals surface area contributed by atoms with E-state index in [1.54, 1.807) is 17.8 Å². The molecule has 0 bridgehead atoms. The van der Waals surface area contributed by atoms with Crippen LogP contribution in [0.2, 0.25) is 0 Å². The molecule has 1 aliphatic heterocycles. The molecule has 2 rings (SSSR count). The van der Waals surface area contributed by atoms with E-state index in [1.807, 2.05) is 27.8 Å². The van der Waals surface area contributed by atoms with Crippen molar-refractivity contribution in [3.8, 4) is 0 Å². The first-order valence-electron chi connectivity index (χ1n) is 6.89. The van der Waals surface area contributed by atoms with Gasteiger partial charge in [-0.15, -0.1) is 0 Å². The fourth-order valence-electron chi connectivity index (χ4n) is 2.15. The largest absolute Gasteiger partial charge is 0.362 e. The molecule has 1 aromatic rings. The van der Waals surface area contributed by atoms with Gasteiger partial charge in [-0.05, 0) is 6.08 Å². The Morgan fingerprint density at radius 2 is 2.10 bits per heavy atom. The molecule has 0 unspecified atom stereocenters. The molecule has 0 amide bonds. The summed E-state index contributed by atoms with van der Waals surface area (Å²) in [5.74, 6) is 0.717. The van der Waals surface area contributed by atoms with Gasteiger partial charge in [0.15, 0.2) is 0 Å². The lowest BCUT2D eigenvalue weighted by Crippen LogP contribution is -2.22. The van der Waals surface area contributed by atoms with Crippen LogP contribution >= 0.6 is 11.8 Å². The number of aromatic amines is 1. The Labute approximate surface area is 128 Å². The minimum atomic E-state index is -0.315. The summed E-state index contributed by atoms with van der Waals surface area (Å²) >= 11 is 1.72. The van der Waals surface area contributed by atoms with Crippen LogP contribution in [-0.2, 0) is 5.41 Å². The normalized spacial score (nSPS) is 15.3. The van der Waals surface area contributed by atoms with Crippen LogP contribution in [0.3, 0.4) is 0 Å². The first kappa shape index (κ1) is 15.7. The zero-order valence-electron chi connectivity index (χ0n) is 13.1. The van der Waals surface area contributed by atoms with Crippen molar-refractivity contribution in [2.24, 2.45) is 0 Å². The summed E-state index contributed by atoms with van der Waals surface area (Å²) in [7, 11) is 2.01. The maximum atomic E-state index is 12.4. The number of nitrogens with zero attached hydrogens (tertiary/aromatic N) is 2. The minimum absolute atomic E-state index is 0.257. The van der Waals surface area contributed by atoms with E-state index >= 15 is 0 Å². The maximum Gasteiger partial charge on any atom is 0.281 e. The van der Waals surface area contributed by atoms with E-state index in [2.05, 4.69) is 15.7 Å². The quantitative estimate of drug-likeness (QED) is 0.809. The van der Waals surface area contributed by atoms with Gasteiger partial charge in [0.2, 0.25) is 5.91 Å². The number of rotatable bonds is 1. The topological polar surface area (TPSA) is 58.1 Å². The second-order valence-electron chi connectivity index (χ2n) is 6.17. The number of aromatic nitrogens is 2. The van der Waals surface area contributed by atoms with Gasteiger partial charge in [-0.3, -0.25) is 14.7 Å². The van der Waals surface area contributed by atoms with Gasteiger partial charge in [0.05, 0.1) is 11.3 Å². The highest BCUT2D eigenvalue weighted by molar-refractivity contribution is 8.03. The van der Waals surface area contributed by atoms with E-state index in [1.165, 1.54) is 6.92 Å². The Morgan fingerprint density at radius 3 is 2.57 bits per heavy atom. The molecule has 1 saturated heterocycles. The molecule has 0 saturated carbocycles. The van der Waals surface area contributed by atoms with Gasteiger partial charge >= 0.3 is 0 Å². The van der Waals surface area contributed by atoms with E-state index in [-0.39, 0.29) is 16.9 Å². The molecule has 114 valence electrons. The van der Waals surface area contributed by atoms with Crippen molar-refractivity contribution < 1.29 is 4.79 Å². The number of carbonyl (C=O) groups excluding carboxylic acids is 1. The standard InChI is InChI=1S/C15H21N3O2S/c1-10(19)18-14(20)11(13(16-18)15(2,3)4)6-7-12-17(5)8-9-21-12/h6,16H,8-9H2,1-5H3. The van der Waals surface area contributed by atoms with Crippen molar-refractivity contribution >= 4 is 23.7 Å². The Bertz CT molecular complexity index is 685. The summed E-state index contributed by atoms with van der Waals surface area (Å²) in [5, 5.41) is 3.95. The molecule has 1 aromatic heterocycles. The van der Waals surface area contributed by atoms with Crippen LogP contribution in [0.25, 0.3) is 6.08 Å². The van der Waals surface area contributed by atoms with Crippen molar-refractivity contribution in [3.05, 3.63) is 32.4 Å². The van der Waals surface area contributed by atoms with E-state index < -0.39 is 0 Å². The highest BCUT2D eigenvalue weighted by atomic mass is 32.2. The van der Waals surface area contributed by atoms with E-state index in [0.717, 1.165) is 27.7 Å². The van der Waals surface area contributed by atoms with Crippen molar-refractivity contribution in [3.63, 3.8) is 0 Å². The second kappa shape index (κ2) is 5.62. The molecule has 0 atom stereocenters. The molecule has 0 aliphatic carbocycles. The molecule has 0 spiro atoms. The number of hydrogen-bond acceptors (Lipinski definition) is 4. The first-order valence-corrected chi connectivity index (χ1v) is 7.87. The molecule has 5 nitrogen and oxygen atoms in total. The number of thioether (sulfide) groups is 1. The minimum Gasteiger partial charge on any atom is -0.362 e. The van der Waals surface area contributed by atoms with Gasteiger partial charge in [0, 0.05) is 31.7 Å². The van der Waals surface area contributed by atoms with Crippen molar-refractivity contribution in [2.45, 2.75) is 33.1 Å². The van der Waals surface area contributed by atoms with Crippen LogP contribution in [0.1, 0.15) is 43.7 Å². The van der Waals surface area contributed by atoms with Gasteiger partial charge in [0.1, 0.15) is 5.03 Å². The molecule has 1 N–H and O–H groups in total. The monoisotopic (exact) mass is 307 g/mol. The average molecular weight is 307 g/mol. The van der Waals surface area contributed by atoms with Crippen molar-refractivity contribution in [1.29, 1.82) is 0 Å². The number of nitrogens with one attached hydrogen (secondary N) is 1. The predicted octanol–water partition coefficient (Wildman–Crippen LogP) is 2.27. The van der Waals surface area contributed by atoms with E-state index in [4.69, 9.17) is 0 Å². The Morgan fingerprint density at radius 1 is 1.43 bits per heavy atom. The van der Waals surface area contributed by atoms with Gasteiger partial charge in [-0.25, -0.2) is 0 Å². The van der Waals surface area contributed by atoms with Crippen molar-refractivity contribution in [1.82, 2.24) is 14.7 Å². The fourth-order valence-corrected chi connectivity index (χ4v) is 3.17. The Hall–Kier alpha value is -1.65. The zero-order chi connectivity index (χ0) is 15.8. The number of hydrogen-bond donors (Lipinski definition) is 1. The van der Waals surface area contributed by atoms with Gasteiger partial charge in [-0.2, -0.15) is 4.68 Å². The average Bonchev–Trinajstić information content (AvgIpc) is 2.90. The highest BCUT2D eigenvalue weighted by Crippen LogP contribution is 2.26. The molecule has 6 heteroatoms. The summed E-state index contributed by atoms with van der Waals surface area (Å²) in [6.07, 6.45) is 1.70. The van der Waals surface area contributed by atoms with Crippen LogP contribution in [0.15, 0.2) is 15.6 Å². The second-order valence-corrected chi connectivity index (χ2v) is 7.26. The van der Waals surface area contributed by atoms with Crippen LogP contribution in [0.5, 0.6) is 0 Å². The maximum absolute atomic E-state index is 12.4. The first-order chi connectivity index (χ1) is 9.71. The van der Waals surface area contributed by atoms with Gasteiger partial charge < -0.3 is 4.90 Å². The summed E-state index contributed by atoms with van der Waals surface area (Å²) in [6, 6.07) is 0. The Balaban J connectivity index is 2.60. The molecule has 0 radical (unpaired) electrons. The Kier molecular flexibility index (Phi) is 4.21. The van der Waals surface area contributed by atoms with Crippen LogP contribution in [0, 0.1) is 0 Å².